The SMILES string of the molecule is CCNC(COC1COC1)c1ccccc1OCC. The summed E-state index contributed by atoms with van der Waals surface area (Å²) in [5.41, 5.74) is 1.16. The summed E-state index contributed by atoms with van der Waals surface area (Å²) in [4.78, 5) is 0. The largest absolute Gasteiger partial charge is 0.494 e. The molecule has 0 amide bonds. The minimum Gasteiger partial charge on any atom is -0.494 e. The molecule has 19 heavy (non-hydrogen) atoms. The van der Waals surface area contributed by atoms with Gasteiger partial charge in [-0.1, -0.05) is 25.1 Å². The minimum atomic E-state index is 0.161. The van der Waals surface area contributed by atoms with E-state index in [1.54, 1.807) is 0 Å². The molecule has 0 bridgehead atoms. The smallest absolute Gasteiger partial charge is 0.124 e. The van der Waals surface area contributed by atoms with E-state index in [9.17, 15) is 0 Å². The van der Waals surface area contributed by atoms with Gasteiger partial charge in [-0.15, -0.1) is 0 Å². The highest BCUT2D eigenvalue weighted by atomic mass is 16.6. The molecule has 1 heterocycles. The van der Waals surface area contributed by atoms with E-state index in [0.717, 1.165) is 17.9 Å². The molecular weight excluding hydrogens is 242 g/mol. The van der Waals surface area contributed by atoms with Crippen LogP contribution in [0.3, 0.4) is 0 Å². The van der Waals surface area contributed by atoms with Gasteiger partial charge in [0.15, 0.2) is 0 Å². The zero-order chi connectivity index (χ0) is 13.5. The lowest BCUT2D eigenvalue weighted by atomic mass is 10.1. The van der Waals surface area contributed by atoms with Crippen LogP contribution in [0.1, 0.15) is 25.5 Å². The van der Waals surface area contributed by atoms with Crippen molar-refractivity contribution in [2.75, 3.05) is 33.0 Å². The first-order chi connectivity index (χ1) is 9.35. The van der Waals surface area contributed by atoms with Crippen LogP contribution in [0.15, 0.2) is 24.3 Å². The molecule has 0 aromatic heterocycles. The van der Waals surface area contributed by atoms with Crippen molar-refractivity contribution in [1.29, 1.82) is 0 Å². The number of para-hydroxylation sites is 1. The summed E-state index contributed by atoms with van der Waals surface area (Å²) in [6, 6.07) is 8.30. The zero-order valence-corrected chi connectivity index (χ0v) is 11.7. The number of likely N-dealkylation sites (N-methyl/N-ethyl adjacent to an activating group) is 1. The van der Waals surface area contributed by atoms with Crippen molar-refractivity contribution in [3.8, 4) is 5.75 Å². The quantitative estimate of drug-likeness (QED) is 0.782. The summed E-state index contributed by atoms with van der Waals surface area (Å²) in [6.07, 6.45) is 0.250. The van der Waals surface area contributed by atoms with Gasteiger partial charge in [-0.25, -0.2) is 0 Å². The van der Waals surface area contributed by atoms with Crippen LogP contribution < -0.4 is 10.1 Å². The Morgan fingerprint density at radius 2 is 2.11 bits per heavy atom. The van der Waals surface area contributed by atoms with E-state index >= 15 is 0 Å². The van der Waals surface area contributed by atoms with Gasteiger partial charge in [0.1, 0.15) is 11.9 Å². The molecule has 0 saturated carbocycles. The topological polar surface area (TPSA) is 39.7 Å². The molecule has 0 aliphatic carbocycles. The first-order valence-electron chi connectivity index (χ1n) is 6.99. The van der Waals surface area contributed by atoms with Crippen LogP contribution >= 0.6 is 0 Å². The molecule has 0 radical (unpaired) electrons. The molecule has 1 fully saturated rings. The fraction of sp³-hybridized carbons (Fsp3) is 0.600. The van der Waals surface area contributed by atoms with Crippen molar-refractivity contribution in [1.82, 2.24) is 5.32 Å². The van der Waals surface area contributed by atoms with Crippen molar-refractivity contribution in [2.45, 2.75) is 26.0 Å². The Morgan fingerprint density at radius 3 is 2.74 bits per heavy atom. The lowest BCUT2D eigenvalue weighted by Gasteiger charge is -2.29. The molecule has 1 aliphatic rings. The molecule has 1 aromatic rings. The zero-order valence-electron chi connectivity index (χ0n) is 11.7. The van der Waals surface area contributed by atoms with Crippen molar-refractivity contribution in [2.24, 2.45) is 0 Å². The van der Waals surface area contributed by atoms with Gasteiger partial charge in [0, 0.05) is 5.56 Å². The molecular formula is C15H23NO3. The Kier molecular flexibility index (Phi) is 5.63. The summed E-state index contributed by atoms with van der Waals surface area (Å²) in [7, 11) is 0. The van der Waals surface area contributed by atoms with Gasteiger partial charge in [0.2, 0.25) is 0 Å². The van der Waals surface area contributed by atoms with Gasteiger partial charge in [-0.2, -0.15) is 0 Å². The number of hydrogen-bond acceptors (Lipinski definition) is 4. The summed E-state index contributed by atoms with van der Waals surface area (Å²) >= 11 is 0. The third-order valence-corrected chi connectivity index (χ3v) is 3.15. The van der Waals surface area contributed by atoms with Gasteiger partial charge in [-0.05, 0) is 19.5 Å². The number of ether oxygens (including phenoxy) is 3. The van der Waals surface area contributed by atoms with Gasteiger partial charge in [0.05, 0.1) is 32.5 Å². The highest BCUT2D eigenvalue weighted by Crippen LogP contribution is 2.26. The molecule has 4 nitrogen and oxygen atoms in total. The molecule has 1 saturated heterocycles. The number of benzene rings is 1. The van der Waals surface area contributed by atoms with Gasteiger partial charge in [-0.3, -0.25) is 0 Å². The Bertz CT molecular complexity index is 379. The average Bonchev–Trinajstić information content (AvgIpc) is 2.37. The first-order valence-corrected chi connectivity index (χ1v) is 6.99. The molecule has 1 atom stereocenters. The minimum absolute atomic E-state index is 0.161. The third kappa shape index (κ3) is 3.93. The van der Waals surface area contributed by atoms with Crippen LogP contribution in [-0.4, -0.2) is 39.1 Å². The number of hydrogen-bond donors (Lipinski definition) is 1. The third-order valence-electron chi connectivity index (χ3n) is 3.15. The Hall–Kier alpha value is -1.10. The Morgan fingerprint density at radius 1 is 1.32 bits per heavy atom. The van der Waals surface area contributed by atoms with Crippen LogP contribution in [-0.2, 0) is 9.47 Å². The first kappa shape index (κ1) is 14.3. The van der Waals surface area contributed by atoms with E-state index in [4.69, 9.17) is 14.2 Å². The number of rotatable bonds is 8. The van der Waals surface area contributed by atoms with E-state index in [-0.39, 0.29) is 12.1 Å². The van der Waals surface area contributed by atoms with Gasteiger partial charge in [0.25, 0.3) is 0 Å². The Labute approximate surface area is 115 Å². The summed E-state index contributed by atoms with van der Waals surface area (Å²) < 4.78 is 16.7. The van der Waals surface area contributed by atoms with Crippen molar-refractivity contribution >= 4 is 0 Å². The van der Waals surface area contributed by atoms with E-state index in [0.29, 0.717) is 26.4 Å². The fourth-order valence-corrected chi connectivity index (χ4v) is 2.10. The molecule has 0 spiro atoms. The molecule has 1 unspecified atom stereocenters. The maximum absolute atomic E-state index is 5.84. The average molecular weight is 265 g/mol. The van der Waals surface area contributed by atoms with Gasteiger partial charge >= 0.3 is 0 Å². The van der Waals surface area contributed by atoms with Crippen LogP contribution in [0.4, 0.5) is 0 Å². The highest BCUT2D eigenvalue weighted by molar-refractivity contribution is 5.36. The maximum Gasteiger partial charge on any atom is 0.124 e. The summed E-state index contributed by atoms with van der Waals surface area (Å²) in [5.74, 6) is 0.935. The normalized spacial score (nSPS) is 16.9. The molecule has 4 heteroatoms. The van der Waals surface area contributed by atoms with Crippen LogP contribution in [0.5, 0.6) is 5.75 Å². The maximum atomic E-state index is 5.84. The highest BCUT2D eigenvalue weighted by Gasteiger charge is 2.22. The lowest BCUT2D eigenvalue weighted by molar-refractivity contribution is -0.133. The monoisotopic (exact) mass is 265 g/mol. The standard InChI is InChI=1S/C15H23NO3/c1-3-16-14(11-19-12-9-17-10-12)13-7-5-6-8-15(13)18-4-2/h5-8,12,14,16H,3-4,9-11H2,1-2H3. The number of nitrogens with one attached hydrogen (secondary N) is 1. The second-order valence-corrected chi connectivity index (χ2v) is 4.57. The van der Waals surface area contributed by atoms with Crippen LogP contribution in [0, 0.1) is 0 Å². The predicted octanol–water partition coefficient (Wildman–Crippen LogP) is 2.15. The molecule has 106 valence electrons. The molecule has 1 aliphatic heterocycles. The fourth-order valence-electron chi connectivity index (χ4n) is 2.10. The lowest BCUT2D eigenvalue weighted by Crippen LogP contribution is -2.38. The molecule has 2 rings (SSSR count). The van der Waals surface area contributed by atoms with Crippen LogP contribution in [0.2, 0.25) is 0 Å². The second kappa shape index (κ2) is 7.48. The summed E-state index contributed by atoms with van der Waals surface area (Å²) in [6.45, 7) is 7.75. The second-order valence-electron chi connectivity index (χ2n) is 4.57. The van der Waals surface area contributed by atoms with E-state index in [2.05, 4.69) is 18.3 Å². The van der Waals surface area contributed by atoms with E-state index in [1.807, 2.05) is 25.1 Å². The van der Waals surface area contributed by atoms with Crippen LogP contribution in [0.25, 0.3) is 0 Å². The van der Waals surface area contributed by atoms with E-state index < -0.39 is 0 Å². The van der Waals surface area contributed by atoms with Crippen molar-refractivity contribution < 1.29 is 14.2 Å². The van der Waals surface area contributed by atoms with Crippen molar-refractivity contribution in [3.05, 3.63) is 29.8 Å². The predicted molar refractivity (Wildman–Crippen MR) is 74.6 cm³/mol. The summed E-state index contributed by atoms with van der Waals surface area (Å²) in [5, 5.41) is 3.46. The molecule has 1 N–H and O–H groups in total. The van der Waals surface area contributed by atoms with Crippen molar-refractivity contribution in [3.63, 3.8) is 0 Å². The van der Waals surface area contributed by atoms with Gasteiger partial charge < -0.3 is 19.5 Å². The Balaban J connectivity index is 2.03. The van der Waals surface area contributed by atoms with E-state index in [1.165, 1.54) is 0 Å². The molecule has 1 aromatic carbocycles.